The molecule has 9 heteroatoms. The smallest absolute Gasteiger partial charge is 0.275 e. The molecule has 0 aromatic heterocycles. The van der Waals surface area contributed by atoms with E-state index in [-0.39, 0.29) is 5.71 Å². The van der Waals surface area contributed by atoms with Crippen molar-refractivity contribution in [3.63, 3.8) is 0 Å². The molecule has 0 unspecified atom stereocenters. The second-order valence-corrected chi connectivity index (χ2v) is 7.92. The fourth-order valence-corrected chi connectivity index (χ4v) is 4.27. The molecule has 1 heterocycles. The Labute approximate surface area is 183 Å². The minimum atomic E-state index is -1.41. The van der Waals surface area contributed by atoms with E-state index in [2.05, 4.69) is 5.32 Å². The average Bonchev–Trinajstić information content (AvgIpc) is 3.03. The number of benzene rings is 2. The van der Waals surface area contributed by atoms with E-state index in [4.69, 9.17) is 9.73 Å². The largest absolute Gasteiger partial charge is 0.497 e. The van der Waals surface area contributed by atoms with E-state index in [1.165, 1.54) is 12.0 Å². The zero-order valence-corrected chi connectivity index (χ0v) is 17.5. The van der Waals surface area contributed by atoms with Gasteiger partial charge in [-0.15, -0.1) is 0 Å². The normalized spacial score (nSPS) is 17.4. The highest BCUT2D eigenvalue weighted by molar-refractivity contribution is 6.47. The van der Waals surface area contributed by atoms with Gasteiger partial charge in [-0.25, -0.2) is 13.2 Å². The Morgan fingerprint density at radius 1 is 1.12 bits per heavy atom. The number of hydrogen-bond acceptors (Lipinski definition) is 4. The zero-order chi connectivity index (χ0) is 22.9. The highest BCUT2D eigenvalue weighted by Gasteiger charge is 2.48. The molecule has 2 aromatic rings. The van der Waals surface area contributed by atoms with Crippen LogP contribution in [0.4, 0.5) is 18.9 Å². The van der Waals surface area contributed by atoms with Gasteiger partial charge in [-0.2, -0.15) is 0 Å². The Morgan fingerprint density at radius 2 is 1.81 bits per heavy atom. The molecule has 0 atom stereocenters. The molecule has 0 saturated heterocycles. The first-order valence-electron chi connectivity index (χ1n) is 10.3. The molecule has 6 nitrogen and oxygen atoms in total. The van der Waals surface area contributed by atoms with Gasteiger partial charge < -0.3 is 15.0 Å². The molecule has 0 radical (unpaired) electrons. The summed E-state index contributed by atoms with van der Waals surface area (Å²) in [6.45, 7) is -0.417. The van der Waals surface area contributed by atoms with Crippen LogP contribution in [-0.4, -0.2) is 41.7 Å². The maximum atomic E-state index is 14.0. The molecular weight excluding hydrogens is 423 g/mol. The summed E-state index contributed by atoms with van der Waals surface area (Å²) in [7, 11) is 1.54. The fraction of sp³-hybridized carbons (Fsp3) is 0.348. The van der Waals surface area contributed by atoms with Gasteiger partial charge >= 0.3 is 0 Å². The molecule has 1 aliphatic heterocycles. The third-order valence-corrected chi connectivity index (χ3v) is 5.86. The lowest BCUT2D eigenvalue weighted by molar-refractivity contribution is -0.134. The maximum absolute atomic E-state index is 14.0. The van der Waals surface area contributed by atoms with Crippen molar-refractivity contribution in [2.75, 3.05) is 19.0 Å². The van der Waals surface area contributed by atoms with Gasteiger partial charge in [0.05, 0.1) is 12.8 Å². The standard InChI is InChI=1S/C23H22F3N3O3/c1-32-16-7-5-14(6-8-16)21-22(31)29(23(28-21)9-3-2-4-10-23)13-19(30)27-18-12-15(24)11-17(25)20(18)26/h5-8,11-12H,2-4,9-10,13H2,1H3,(H,27,30). The molecule has 2 aromatic carbocycles. The molecule has 2 aliphatic rings. The summed E-state index contributed by atoms with van der Waals surface area (Å²) < 4.78 is 46.0. The van der Waals surface area contributed by atoms with Crippen molar-refractivity contribution in [1.82, 2.24) is 4.90 Å². The Balaban J connectivity index is 1.59. The Hall–Kier alpha value is -3.36. The van der Waals surface area contributed by atoms with Crippen molar-refractivity contribution in [3.8, 4) is 5.75 Å². The van der Waals surface area contributed by atoms with Gasteiger partial charge in [-0.05, 0) is 49.9 Å². The second-order valence-electron chi connectivity index (χ2n) is 7.92. The molecule has 2 amide bonds. The van der Waals surface area contributed by atoms with Gasteiger partial charge in [0, 0.05) is 17.7 Å². The van der Waals surface area contributed by atoms with Crippen molar-refractivity contribution in [3.05, 3.63) is 59.4 Å². The van der Waals surface area contributed by atoms with Crippen LogP contribution in [0.15, 0.2) is 41.4 Å². The van der Waals surface area contributed by atoms with Crippen LogP contribution >= 0.6 is 0 Å². The van der Waals surface area contributed by atoms with E-state index < -0.39 is 47.2 Å². The van der Waals surface area contributed by atoms with Crippen molar-refractivity contribution < 1.29 is 27.5 Å². The summed E-state index contributed by atoms with van der Waals surface area (Å²) in [5.74, 6) is -4.35. The zero-order valence-electron chi connectivity index (χ0n) is 17.5. The van der Waals surface area contributed by atoms with Crippen molar-refractivity contribution in [2.24, 2.45) is 4.99 Å². The van der Waals surface area contributed by atoms with Gasteiger partial charge in [0.1, 0.15) is 29.5 Å². The summed E-state index contributed by atoms with van der Waals surface area (Å²) in [5, 5.41) is 2.18. The van der Waals surface area contributed by atoms with Crippen LogP contribution in [0.25, 0.3) is 0 Å². The number of rotatable bonds is 5. The molecular formula is C23H22F3N3O3. The Morgan fingerprint density at radius 3 is 2.47 bits per heavy atom. The number of ether oxygens (including phenoxy) is 1. The van der Waals surface area contributed by atoms with Gasteiger partial charge in [-0.1, -0.05) is 6.42 Å². The average molecular weight is 445 g/mol. The van der Waals surface area contributed by atoms with Crippen LogP contribution in [0, 0.1) is 17.5 Å². The van der Waals surface area contributed by atoms with Crippen LogP contribution in [0.2, 0.25) is 0 Å². The monoisotopic (exact) mass is 445 g/mol. The number of halogens is 3. The van der Waals surface area contributed by atoms with Crippen molar-refractivity contribution in [1.29, 1.82) is 0 Å². The van der Waals surface area contributed by atoms with Crippen LogP contribution in [0.5, 0.6) is 5.75 Å². The summed E-state index contributed by atoms with van der Waals surface area (Å²) in [6, 6.07) is 7.96. The topological polar surface area (TPSA) is 71.0 Å². The fourth-order valence-electron chi connectivity index (χ4n) is 4.27. The number of nitrogens with one attached hydrogen (secondary N) is 1. The van der Waals surface area contributed by atoms with E-state index in [0.717, 1.165) is 19.3 Å². The second kappa shape index (κ2) is 8.64. The number of carbonyl (C=O) groups is 2. The van der Waals surface area contributed by atoms with Crippen molar-refractivity contribution >= 4 is 23.2 Å². The lowest BCUT2D eigenvalue weighted by Gasteiger charge is -2.38. The van der Waals surface area contributed by atoms with E-state index in [9.17, 15) is 22.8 Å². The van der Waals surface area contributed by atoms with Crippen LogP contribution in [0.1, 0.15) is 37.7 Å². The van der Waals surface area contributed by atoms with Crippen LogP contribution in [-0.2, 0) is 9.59 Å². The Bertz CT molecular complexity index is 1080. The predicted molar refractivity (Wildman–Crippen MR) is 112 cm³/mol. The molecule has 0 bridgehead atoms. The van der Waals surface area contributed by atoms with Crippen LogP contribution in [0.3, 0.4) is 0 Å². The third kappa shape index (κ3) is 4.06. The highest BCUT2D eigenvalue weighted by atomic mass is 19.2. The van der Waals surface area contributed by atoms with Crippen LogP contribution < -0.4 is 10.1 Å². The number of methoxy groups -OCH3 is 1. The van der Waals surface area contributed by atoms with Gasteiger partial charge in [0.2, 0.25) is 5.91 Å². The molecule has 168 valence electrons. The van der Waals surface area contributed by atoms with E-state index >= 15 is 0 Å². The Kier molecular flexibility index (Phi) is 5.90. The number of amides is 2. The quantitative estimate of drug-likeness (QED) is 0.706. The molecule has 32 heavy (non-hydrogen) atoms. The maximum Gasteiger partial charge on any atom is 0.275 e. The first kappa shape index (κ1) is 21.9. The number of carbonyl (C=O) groups excluding carboxylic acids is 2. The number of hydrogen-bond donors (Lipinski definition) is 1. The molecule has 1 aliphatic carbocycles. The van der Waals surface area contributed by atoms with Gasteiger partial charge in [-0.3, -0.25) is 14.6 Å². The molecule has 1 fully saturated rings. The minimum absolute atomic E-state index is 0.241. The first-order chi connectivity index (χ1) is 15.3. The van der Waals surface area contributed by atoms with Gasteiger partial charge in [0.15, 0.2) is 11.6 Å². The van der Waals surface area contributed by atoms with Crippen molar-refractivity contribution in [2.45, 2.75) is 37.8 Å². The third-order valence-electron chi connectivity index (χ3n) is 5.86. The predicted octanol–water partition coefficient (Wildman–Crippen LogP) is 4.04. The molecule has 1 N–H and O–H groups in total. The summed E-state index contributed by atoms with van der Waals surface area (Å²) >= 11 is 0. The summed E-state index contributed by atoms with van der Waals surface area (Å²) in [5.41, 5.74) is -0.645. The lowest BCUT2D eigenvalue weighted by atomic mass is 9.88. The van der Waals surface area contributed by atoms with E-state index in [1.807, 2.05) is 0 Å². The SMILES string of the molecule is COc1ccc(C2=NC3(CCCCC3)N(CC(=O)Nc3cc(F)cc(F)c3F)C2=O)cc1. The van der Waals surface area contributed by atoms with Gasteiger partial charge in [0.25, 0.3) is 5.91 Å². The highest BCUT2D eigenvalue weighted by Crippen LogP contribution is 2.39. The number of anilines is 1. The van der Waals surface area contributed by atoms with E-state index in [0.29, 0.717) is 36.3 Å². The number of nitrogens with zero attached hydrogens (tertiary/aromatic N) is 2. The molecule has 4 rings (SSSR count). The lowest BCUT2D eigenvalue weighted by Crippen LogP contribution is -2.51. The minimum Gasteiger partial charge on any atom is -0.497 e. The molecule has 1 spiro atoms. The molecule has 1 saturated carbocycles. The number of aliphatic imine (C=N–C) groups is 1. The van der Waals surface area contributed by atoms with E-state index in [1.54, 1.807) is 24.3 Å². The first-order valence-corrected chi connectivity index (χ1v) is 10.3. The summed E-state index contributed by atoms with van der Waals surface area (Å²) in [6.07, 6.45) is 3.86. The summed E-state index contributed by atoms with van der Waals surface area (Å²) in [4.78, 5) is 32.1.